The number of aliphatic hydroxyl groups excluding tert-OH is 1. The summed E-state index contributed by atoms with van der Waals surface area (Å²) in [4.78, 5) is 2.47. The summed E-state index contributed by atoms with van der Waals surface area (Å²) in [6, 6.07) is 13.2. The SMILES string of the molecule is CCCc1cccc(C(O)C2CCN(CCc3ccc(F)cc3)CC2)c1C. The quantitative estimate of drug-likeness (QED) is 0.736. The fraction of sp³-hybridized carbons (Fsp3) is 0.500. The minimum Gasteiger partial charge on any atom is -0.388 e. The summed E-state index contributed by atoms with van der Waals surface area (Å²) in [6.07, 6.45) is 4.86. The second kappa shape index (κ2) is 9.48. The molecule has 0 spiro atoms. The van der Waals surface area contributed by atoms with Crippen molar-refractivity contribution in [2.75, 3.05) is 19.6 Å². The molecule has 1 fully saturated rings. The van der Waals surface area contributed by atoms with Crippen LogP contribution in [0.2, 0.25) is 0 Å². The zero-order valence-corrected chi connectivity index (χ0v) is 16.6. The molecule has 1 N–H and O–H groups in total. The maximum absolute atomic E-state index is 13.0. The van der Waals surface area contributed by atoms with Gasteiger partial charge in [-0.15, -0.1) is 0 Å². The molecule has 1 aliphatic rings. The third-order valence-corrected chi connectivity index (χ3v) is 6.03. The number of aryl methyl sites for hydroxylation is 1. The highest BCUT2D eigenvalue weighted by molar-refractivity contribution is 5.36. The molecule has 0 bridgehead atoms. The Morgan fingerprint density at radius 2 is 1.78 bits per heavy atom. The van der Waals surface area contributed by atoms with Gasteiger partial charge in [-0.2, -0.15) is 0 Å². The molecule has 2 nitrogen and oxygen atoms in total. The largest absolute Gasteiger partial charge is 0.388 e. The van der Waals surface area contributed by atoms with E-state index in [-0.39, 0.29) is 11.9 Å². The first kappa shape index (κ1) is 20.0. The normalized spacial score (nSPS) is 17.2. The van der Waals surface area contributed by atoms with Gasteiger partial charge in [0.25, 0.3) is 0 Å². The molecule has 0 aliphatic carbocycles. The van der Waals surface area contributed by atoms with Crippen molar-refractivity contribution in [3.63, 3.8) is 0 Å². The Morgan fingerprint density at radius 1 is 1.07 bits per heavy atom. The molecule has 0 aromatic heterocycles. The highest BCUT2D eigenvalue weighted by Gasteiger charge is 2.27. The minimum absolute atomic E-state index is 0.174. The number of rotatable bonds is 7. The zero-order chi connectivity index (χ0) is 19.2. The average Bonchev–Trinajstić information content (AvgIpc) is 2.69. The Balaban J connectivity index is 1.52. The van der Waals surface area contributed by atoms with Crippen molar-refractivity contribution in [3.05, 3.63) is 70.5 Å². The second-order valence-electron chi connectivity index (χ2n) is 7.88. The third kappa shape index (κ3) is 5.18. The van der Waals surface area contributed by atoms with Gasteiger partial charge in [0.2, 0.25) is 0 Å². The number of hydrogen-bond donors (Lipinski definition) is 1. The van der Waals surface area contributed by atoms with Gasteiger partial charge < -0.3 is 10.0 Å². The van der Waals surface area contributed by atoms with Crippen molar-refractivity contribution >= 4 is 0 Å². The van der Waals surface area contributed by atoms with Gasteiger partial charge in [0, 0.05) is 6.54 Å². The molecule has 3 heteroatoms. The van der Waals surface area contributed by atoms with Crippen LogP contribution in [0.15, 0.2) is 42.5 Å². The smallest absolute Gasteiger partial charge is 0.123 e. The monoisotopic (exact) mass is 369 g/mol. The summed E-state index contributed by atoms with van der Waals surface area (Å²) in [7, 11) is 0. The van der Waals surface area contributed by atoms with Gasteiger partial charge >= 0.3 is 0 Å². The number of likely N-dealkylation sites (tertiary alicyclic amines) is 1. The first-order chi connectivity index (χ1) is 13.1. The van der Waals surface area contributed by atoms with Crippen LogP contribution in [-0.2, 0) is 12.8 Å². The van der Waals surface area contributed by atoms with E-state index in [1.54, 1.807) is 0 Å². The molecule has 3 rings (SSSR count). The first-order valence-electron chi connectivity index (χ1n) is 10.3. The summed E-state index contributed by atoms with van der Waals surface area (Å²) >= 11 is 0. The number of halogens is 1. The molecule has 1 atom stereocenters. The van der Waals surface area contributed by atoms with Crippen LogP contribution in [0.1, 0.15) is 54.5 Å². The van der Waals surface area contributed by atoms with Gasteiger partial charge in [0.1, 0.15) is 5.82 Å². The summed E-state index contributed by atoms with van der Waals surface area (Å²) in [5, 5.41) is 11.0. The van der Waals surface area contributed by atoms with Crippen molar-refractivity contribution in [2.45, 2.75) is 52.1 Å². The molecule has 1 aliphatic heterocycles. The number of hydrogen-bond acceptors (Lipinski definition) is 2. The van der Waals surface area contributed by atoms with Crippen LogP contribution in [0.3, 0.4) is 0 Å². The summed E-state index contributed by atoms with van der Waals surface area (Å²) in [6.45, 7) is 7.40. The molecule has 0 radical (unpaired) electrons. The summed E-state index contributed by atoms with van der Waals surface area (Å²) < 4.78 is 13.0. The lowest BCUT2D eigenvalue weighted by Crippen LogP contribution is -2.37. The van der Waals surface area contributed by atoms with E-state index in [0.29, 0.717) is 5.92 Å². The van der Waals surface area contributed by atoms with Crippen LogP contribution < -0.4 is 0 Å². The van der Waals surface area contributed by atoms with Gasteiger partial charge in [-0.1, -0.05) is 43.7 Å². The second-order valence-corrected chi connectivity index (χ2v) is 7.88. The predicted octanol–water partition coefficient (Wildman–Crippen LogP) is 5.07. The summed E-state index contributed by atoms with van der Waals surface area (Å²) in [5.74, 6) is 0.162. The van der Waals surface area contributed by atoms with Gasteiger partial charge in [-0.3, -0.25) is 0 Å². The van der Waals surface area contributed by atoms with Crippen molar-refractivity contribution in [3.8, 4) is 0 Å². The predicted molar refractivity (Wildman–Crippen MR) is 109 cm³/mol. The highest BCUT2D eigenvalue weighted by atomic mass is 19.1. The van der Waals surface area contributed by atoms with Crippen LogP contribution >= 0.6 is 0 Å². The van der Waals surface area contributed by atoms with Crippen molar-refractivity contribution in [1.82, 2.24) is 4.90 Å². The standard InChI is InChI=1S/C24H32FNO/c1-3-5-20-6-4-7-23(18(20)2)24(27)21-13-16-26(17-14-21)15-12-19-8-10-22(25)11-9-19/h4,6-11,21,24,27H,3,5,12-17H2,1-2H3. The zero-order valence-electron chi connectivity index (χ0n) is 16.6. The minimum atomic E-state index is -0.360. The van der Waals surface area contributed by atoms with Crippen molar-refractivity contribution < 1.29 is 9.50 Å². The molecule has 2 aromatic carbocycles. The van der Waals surface area contributed by atoms with Crippen LogP contribution in [0.5, 0.6) is 0 Å². The van der Waals surface area contributed by atoms with E-state index in [9.17, 15) is 9.50 Å². The fourth-order valence-corrected chi connectivity index (χ4v) is 4.25. The molecule has 1 unspecified atom stereocenters. The van der Waals surface area contributed by atoms with E-state index in [0.717, 1.165) is 57.3 Å². The third-order valence-electron chi connectivity index (χ3n) is 6.03. The molecule has 146 valence electrons. The number of nitrogens with zero attached hydrogens (tertiary/aromatic N) is 1. The van der Waals surface area contributed by atoms with E-state index < -0.39 is 0 Å². The molecule has 27 heavy (non-hydrogen) atoms. The van der Waals surface area contributed by atoms with Gasteiger partial charge in [0.15, 0.2) is 0 Å². The Labute approximate surface area is 163 Å². The van der Waals surface area contributed by atoms with Crippen LogP contribution in [0, 0.1) is 18.7 Å². The van der Waals surface area contributed by atoms with E-state index >= 15 is 0 Å². The molecule has 1 heterocycles. The van der Waals surface area contributed by atoms with Crippen LogP contribution in [0.4, 0.5) is 4.39 Å². The first-order valence-corrected chi connectivity index (χ1v) is 10.3. The summed E-state index contributed by atoms with van der Waals surface area (Å²) in [5.41, 5.74) is 4.93. The van der Waals surface area contributed by atoms with Gasteiger partial charge in [-0.05, 0) is 86.0 Å². The topological polar surface area (TPSA) is 23.5 Å². The van der Waals surface area contributed by atoms with Gasteiger partial charge in [-0.25, -0.2) is 4.39 Å². The molecule has 0 amide bonds. The Bertz CT molecular complexity index is 720. The number of benzene rings is 2. The van der Waals surface area contributed by atoms with E-state index in [2.05, 4.69) is 36.9 Å². The van der Waals surface area contributed by atoms with Crippen molar-refractivity contribution in [1.29, 1.82) is 0 Å². The highest BCUT2D eigenvalue weighted by Crippen LogP contribution is 2.33. The fourth-order valence-electron chi connectivity index (χ4n) is 4.25. The van der Waals surface area contributed by atoms with Crippen LogP contribution in [0.25, 0.3) is 0 Å². The molecule has 0 saturated carbocycles. The van der Waals surface area contributed by atoms with Gasteiger partial charge in [0.05, 0.1) is 6.10 Å². The number of piperidine rings is 1. The van der Waals surface area contributed by atoms with E-state index in [1.807, 2.05) is 12.1 Å². The van der Waals surface area contributed by atoms with E-state index in [1.165, 1.54) is 28.8 Å². The van der Waals surface area contributed by atoms with E-state index in [4.69, 9.17) is 0 Å². The maximum Gasteiger partial charge on any atom is 0.123 e. The van der Waals surface area contributed by atoms with Crippen LogP contribution in [-0.4, -0.2) is 29.6 Å². The number of aliphatic hydroxyl groups is 1. The molecular formula is C24H32FNO. The Morgan fingerprint density at radius 3 is 2.44 bits per heavy atom. The molecular weight excluding hydrogens is 337 g/mol. The lowest BCUT2D eigenvalue weighted by molar-refractivity contribution is 0.0587. The average molecular weight is 370 g/mol. The molecule has 1 saturated heterocycles. The van der Waals surface area contributed by atoms with Crippen molar-refractivity contribution in [2.24, 2.45) is 5.92 Å². The lowest BCUT2D eigenvalue weighted by Gasteiger charge is -2.35. The Kier molecular flexibility index (Phi) is 7.03. The Hall–Kier alpha value is -1.71. The molecule has 2 aromatic rings. The lowest BCUT2D eigenvalue weighted by atomic mass is 9.84. The maximum atomic E-state index is 13.0.